The van der Waals surface area contributed by atoms with Crippen LogP contribution in [-0.4, -0.2) is 30.3 Å². The molecule has 144 valence electrons. The van der Waals surface area contributed by atoms with Crippen LogP contribution in [0.25, 0.3) is 0 Å². The summed E-state index contributed by atoms with van der Waals surface area (Å²) in [5.41, 5.74) is 2.06. The van der Waals surface area contributed by atoms with E-state index in [1.54, 1.807) is 0 Å². The minimum atomic E-state index is -0.711. The highest BCUT2D eigenvalue weighted by Crippen LogP contribution is 2.44. The monoisotopic (exact) mass is 361 g/mol. The molecule has 0 bridgehead atoms. The van der Waals surface area contributed by atoms with Crippen LogP contribution in [0.1, 0.15) is 60.1 Å². The van der Waals surface area contributed by atoms with E-state index in [0.717, 1.165) is 29.1 Å². The van der Waals surface area contributed by atoms with Crippen molar-refractivity contribution in [1.82, 2.24) is 0 Å². The molecule has 1 aromatic rings. The Balaban J connectivity index is 2.45. The first-order chi connectivity index (χ1) is 12.1. The topological polar surface area (TPSA) is 56.8 Å². The molecule has 2 atom stereocenters. The Morgan fingerprint density at radius 3 is 2.62 bits per heavy atom. The average molecular weight is 361 g/mol. The molecule has 0 radical (unpaired) electrons. The largest absolute Gasteiger partial charge is 0.483 e. The maximum atomic E-state index is 12.3. The summed E-state index contributed by atoms with van der Waals surface area (Å²) in [5.74, 6) is 0.382. The number of anilines is 1. The molecule has 1 aliphatic rings. The standard InChI is InChI=1S/C21H31NO4/c1-8-22-15-9-10-17-16(12-15)19(24-14(4)5)20(21(6,7)26-17)25-18(23)11-13(2)3/h9-12,14,19-20,22H,8H2,1-7H3. The van der Waals surface area contributed by atoms with Crippen molar-refractivity contribution >= 4 is 11.7 Å². The number of carbonyl (C=O) groups excluding carboxylic acids is 1. The zero-order chi connectivity index (χ0) is 19.5. The maximum absolute atomic E-state index is 12.3. The quantitative estimate of drug-likeness (QED) is 0.591. The number of ether oxygens (including phenoxy) is 3. The summed E-state index contributed by atoms with van der Waals surface area (Å²) >= 11 is 0. The Labute approximate surface area is 156 Å². The van der Waals surface area contributed by atoms with Crippen LogP contribution >= 0.6 is 0 Å². The zero-order valence-corrected chi connectivity index (χ0v) is 16.9. The molecule has 1 aromatic carbocycles. The second-order valence-corrected chi connectivity index (χ2v) is 7.67. The summed E-state index contributed by atoms with van der Waals surface area (Å²) in [5, 5.41) is 3.31. The van der Waals surface area contributed by atoms with E-state index < -0.39 is 17.8 Å². The van der Waals surface area contributed by atoms with Gasteiger partial charge in [0.05, 0.1) is 6.10 Å². The lowest BCUT2D eigenvalue weighted by Gasteiger charge is -2.44. The number of hydrogen-bond acceptors (Lipinski definition) is 5. The van der Waals surface area contributed by atoms with Crippen molar-refractivity contribution < 1.29 is 19.0 Å². The molecule has 26 heavy (non-hydrogen) atoms. The molecule has 0 fully saturated rings. The van der Waals surface area contributed by atoms with Gasteiger partial charge in [-0.25, -0.2) is 4.79 Å². The van der Waals surface area contributed by atoms with Crippen LogP contribution in [0.2, 0.25) is 0 Å². The Kier molecular flexibility index (Phi) is 6.34. The van der Waals surface area contributed by atoms with Crippen molar-refractivity contribution in [3.05, 3.63) is 35.4 Å². The van der Waals surface area contributed by atoms with E-state index in [9.17, 15) is 4.79 Å². The predicted molar refractivity (Wildman–Crippen MR) is 104 cm³/mol. The highest BCUT2D eigenvalue weighted by molar-refractivity contribution is 5.83. The van der Waals surface area contributed by atoms with Gasteiger partial charge in [0.15, 0.2) is 6.10 Å². The number of nitrogens with one attached hydrogen (secondary N) is 1. The zero-order valence-electron chi connectivity index (χ0n) is 16.9. The Bertz CT molecular complexity index is 675. The first-order valence-corrected chi connectivity index (χ1v) is 9.22. The maximum Gasteiger partial charge on any atom is 0.331 e. The van der Waals surface area contributed by atoms with Gasteiger partial charge in [-0.1, -0.05) is 5.57 Å². The van der Waals surface area contributed by atoms with Gasteiger partial charge in [-0.15, -0.1) is 0 Å². The fraction of sp³-hybridized carbons (Fsp3) is 0.571. The predicted octanol–water partition coefficient (Wildman–Crippen LogP) is 4.63. The normalized spacial score (nSPS) is 20.8. The van der Waals surface area contributed by atoms with Crippen molar-refractivity contribution in [2.75, 3.05) is 11.9 Å². The van der Waals surface area contributed by atoms with Crippen molar-refractivity contribution in [2.24, 2.45) is 0 Å². The molecule has 0 aromatic heterocycles. The molecule has 0 saturated heterocycles. The van der Waals surface area contributed by atoms with Gasteiger partial charge in [0, 0.05) is 23.9 Å². The number of rotatable bonds is 6. The van der Waals surface area contributed by atoms with E-state index in [1.165, 1.54) is 6.08 Å². The fourth-order valence-corrected chi connectivity index (χ4v) is 3.08. The van der Waals surface area contributed by atoms with E-state index in [4.69, 9.17) is 14.2 Å². The molecule has 5 heteroatoms. The third-order valence-electron chi connectivity index (χ3n) is 4.10. The van der Waals surface area contributed by atoms with Crippen LogP contribution in [-0.2, 0) is 14.3 Å². The second kappa shape index (κ2) is 8.12. The highest BCUT2D eigenvalue weighted by Gasteiger charge is 2.47. The van der Waals surface area contributed by atoms with Gasteiger partial charge in [0.2, 0.25) is 0 Å². The summed E-state index contributed by atoms with van der Waals surface area (Å²) in [6.45, 7) is 14.4. The highest BCUT2D eigenvalue weighted by atomic mass is 16.6. The van der Waals surface area contributed by atoms with Gasteiger partial charge >= 0.3 is 5.97 Å². The SMILES string of the molecule is CCNc1ccc2c(c1)C(OC(C)C)C(OC(=O)C=C(C)C)C(C)(C)O2. The average Bonchev–Trinajstić information content (AvgIpc) is 2.50. The van der Waals surface area contributed by atoms with Gasteiger partial charge in [0.1, 0.15) is 17.5 Å². The van der Waals surface area contributed by atoms with Crippen LogP contribution in [0.5, 0.6) is 5.75 Å². The summed E-state index contributed by atoms with van der Waals surface area (Å²) in [6.07, 6.45) is 0.515. The van der Waals surface area contributed by atoms with Crippen molar-refractivity contribution in [3.8, 4) is 5.75 Å². The minimum absolute atomic E-state index is 0.0193. The first-order valence-electron chi connectivity index (χ1n) is 9.22. The molecule has 1 N–H and O–H groups in total. The number of hydrogen-bond donors (Lipinski definition) is 1. The minimum Gasteiger partial charge on any atom is -0.483 e. The molecular formula is C21H31NO4. The smallest absolute Gasteiger partial charge is 0.331 e. The Morgan fingerprint density at radius 2 is 2.04 bits per heavy atom. The molecular weight excluding hydrogens is 330 g/mol. The van der Waals surface area contributed by atoms with Crippen LogP contribution in [0.4, 0.5) is 5.69 Å². The molecule has 0 amide bonds. The molecule has 5 nitrogen and oxygen atoms in total. The van der Waals surface area contributed by atoms with Gasteiger partial charge in [-0.3, -0.25) is 0 Å². The van der Waals surface area contributed by atoms with Gasteiger partial charge in [0.25, 0.3) is 0 Å². The lowest BCUT2D eigenvalue weighted by atomic mass is 9.87. The Hall–Kier alpha value is -2.01. The van der Waals surface area contributed by atoms with Crippen molar-refractivity contribution in [3.63, 3.8) is 0 Å². The van der Waals surface area contributed by atoms with Crippen LogP contribution in [0, 0.1) is 0 Å². The fourth-order valence-electron chi connectivity index (χ4n) is 3.08. The lowest BCUT2D eigenvalue weighted by molar-refractivity contribution is -0.184. The number of esters is 1. The molecule has 0 spiro atoms. The molecule has 0 saturated carbocycles. The number of allylic oxidation sites excluding steroid dienone is 1. The van der Waals surface area contributed by atoms with Crippen LogP contribution < -0.4 is 10.1 Å². The van der Waals surface area contributed by atoms with Crippen molar-refractivity contribution in [1.29, 1.82) is 0 Å². The Morgan fingerprint density at radius 1 is 1.35 bits per heavy atom. The van der Waals surface area contributed by atoms with E-state index in [-0.39, 0.29) is 12.1 Å². The number of benzene rings is 1. The van der Waals surface area contributed by atoms with Gasteiger partial charge < -0.3 is 19.5 Å². The summed E-state index contributed by atoms with van der Waals surface area (Å²) in [4.78, 5) is 12.3. The first kappa shape index (κ1) is 20.3. The molecule has 2 unspecified atom stereocenters. The summed E-state index contributed by atoms with van der Waals surface area (Å²) < 4.78 is 18.2. The van der Waals surface area contributed by atoms with Crippen LogP contribution in [0.15, 0.2) is 29.8 Å². The number of carbonyl (C=O) groups is 1. The van der Waals surface area contributed by atoms with Crippen LogP contribution in [0.3, 0.4) is 0 Å². The van der Waals surface area contributed by atoms with Gasteiger partial charge in [-0.2, -0.15) is 0 Å². The lowest BCUT2D eigenvalue weighted by Crippen LogP contribution is -2.52. The van der Waals surface area contributed by atoms with E-state index in [1.807, 2.05) is 66.7 Å². The van der Waals surface area contributed by atoms with Crippen molar-refractivity contribution in [2.45, 2.75) is 72.4 Å². The van der Waals surface area contributed by atoms with E-state index in [2.05, 4.69) is 5.32 Å². The van der Waals surface area contributed by atoms with E-state index >= 15 is 0 Å². The third-order valence-corrected chi connectivity index (χ3v) is 4.10. The van der Waals surface area contributed by atoms with E-state index in [0.29, 0.717) is 0 Å². The molecule has 2 rings (SSSR count). The number of fused-ring (bicyclic) bond motifs is 1. The molecule has 1 aliphatic heterocycles. The summed E-state index contributed by atoms with van der Waals surface area (Å²) in [7, 11) is 0. The van der Waals surface area contributed by atoms with Gasteiger partial charge in [-0.05, 0) is 66.7 Å². The summed E-state index contributed by atoms with van der Waals surface area (Å²) in [6, 6.07) is 5.95. The third kappa shape index (κ3) is 4.79. The second-order valence-electron chi connectivity index (χ2n) is 7.67. The molecule has 0 aliphatic carbocycles. The molecule has 1 heterocycles.